The van der Waals surface area contributed by atoms with Crippen molar-refractivity contribution < 1.29 is 19.8 Å². The van der Waals surface area contributed by atoms with Crippen LogP contribution in [0, 0.1) is 0 Å². The molecule has 0 amide bonds. The summed E-state index contributed by atoms with van der Waals surface area (Å²) in [6.45, 7) is 0. The van der Waals surface area contributed by atoms with Gasteiger partial charge in [0.1, 0.15) is 5.75 Å². The van der Waals surface area contributed by atoms with E-state index >= 15 is 0 Å². The Morgan fingerprint density at radius 2 is 1.71 bits per heavy atom. The van der Waals surface area contributed by atoms with Gasteiger partial charge in [-0.1, -0.05) is 0 Å². The van der Waals surface area contributed by atoms with E-state index in [9.17, 15) is 9.59 Å². The number of aliphatic carboxylic acids is 1. The maximum Gasteiger partial charge on any atom is 0.328 e. The molecule has 5 nitrogen and oxygen atoms in total. The van der Waals surface area contributed by atoms with Crippen LogP contribution in [0.25, 0.3) is 0 Å². The molecule has 0 radical (unpaired) electrons. The summed E-state index contributed by atoms with van der Waals surface area (Å²) in [5, 5.41) is 17.4. The Kier molecular flexibility index (Phi) is 2.83. The largest absolute Gasteiger partial charge is 0.508 e. The number of Topliss-reactive ketones (excluding diaryl/α,β-unsaturated/α-hetero) is 1. The number of hydrogen-bond donors (Lipinski definition) is 3. The van der Waals surface area contributed by atoms with E-state index in [0.29, 0.717) is 0 Å². The van der Waals surface area contributed by atoms with Crippen molar-refractivity contribution in [2.75, 3.05) is 0 Å². The van der Waals surface area contributed by atoms with E-state index in [1.165, 1.54) is 24.3 Å². The molecule has 14 heavy (non-hydrogen) atoms. The number of phenolic OH excluding ortho intramolecular Hbond substituents is 1. The van der Waals surface area contributed by atoms with Crippen LogP contribution >= 0.6 is 0 Å². The Morgan fingerprint density at radius 1 is 1.21 bits per heavy atom. The number of carbonyl (C=O) groups excluding carboxylic acids is 1. The minimum Gasteiger partial charge on any atom is -0.508 e. The summed E-state index contributed by atoms with van der Waals surface area (Å²) >= 11 is 0. The van der Waals surface area contributed by atoms with E-state index in [1.54, 1.807) is 0 Å². The highest BCUT2D eigenvalue weighted by atomic mass is 16.4. The first-order valence-corrected chi connectivity index (χ1v) is 3.84. The molecule has 1 aromatic carbocycles. The third kappa shape index (κ3) is 2.08. The number of hydrogen-bond acceptors (Lipinski definition) is 4. The molecule has 0 spiro atoms. The minimum atomic E-state index is -1.56. The highest BCUT2D eigenvalue weighted by Gasteiger charge is 2.22. The van der Waals surface area contributed by atoms with Crippen molar-refractivity contribution >= 4 is 11.8 Å². The van der Waals surface area contributed by atoms with Crippen molar-refractivity contribution in [3.8, 4) is 5.75 Å². The van der Waals surface area contributed by atoms with Crippen LogP contribution in [0.4, 0.5) is 0 Å². The third-order valence-electron chi connectivity index (χ3n) is 1.70. The van der Waals surface area contributed by atoms with E-state index in [2.05, 4.69) is 0 Å². The molecule has 0 aliphatic rings. The van der Waals surface area contributed by atoms with E-state index in [1.807, 2.05) is 0 Å². The van der Waals surface area contributed by atoms with Gasteiger partial charge in [-0.05, 0) is 24.3 Å². The summed E-state index contributed by atoms with van der Waals surface area (Å²) < 4.78 is 0. The van der Waals surface area contributed by atoms with Gasteiger partial charge in [0, 0.05) is 5.56 Å². The Labute approximate surface area is 79.8 Å². The molecule has 0 saturated carbocycles. The van der Waals surface area contributed by atoms with Gasteiger partial charge in [0.15, 0.2) is 11.8 Å². The molecule has 4 N–H and O–H groups in total. The number of carboxylic acids is 1. The lowest BCUT2D eigenvalue weighted by molar-refractivity contribution is -0.137. The SMILES string of the molecule is N[C@H](C(=O)O)C(=O)c1ccc(O)cc1. The Bertz CT molecular complexity index is 358. The zero-order valence-corrected chi connectivity index (χ0v) is 7.18. The number of rotatable bonds is 3. The molecule has 5 heteroatoms. The molecular weight excluding hydrogens is 186 g/mol. The standard InChI is InChI=1S/C9H9NO4/c10-7(9(13)14)8(12)5-1-3-6(11)4-2-5/h1-4,7,11H,10H2,(H,13,14)/t7-/m0/s1. The van der Waals surface area contributed by atoms with Crippen LogP contribution in [0.15, 0.2) is 24.3 Å². The van der Waals surface area contributed by atoms with Crippen molar-refractivity contribution in [3.63, 3.8) is 0 Å². The number of phenols is 1. The molecule has 0 aliphatic carbocycles. The number of carbonyl (C=O) groups is 2. The van der Waals surface area contributed by atoms with Crippen molar-refractivity contribution in [1.82, 2.24) is 0 Å². The van der Waals surface area contributed by atoms with Crippen molar-refractivity contribution in [2.24, 2.45) is 5.73 Å². The Balaban J connectivity index is 2.90. The topological polar surface area (TPSA) is 101 Å². The summed E-state index contributed by atoms with van der Waals surface area (Å²) in [4.78, 5) is 21.7. The number of ketones is 1. The lowest BCUT2D eigenvalue weighted by Gasteiger charge is -2.04. The normalized spacial score (nSPS) is 12.1. The Morgan fingerprint density at radius 3 is 2.14 bits per heavy atom. The van der Waals surface area contributed by atoms with Gasteiger partial charge in [-0.3, -0.25) is 9.59 Å². The van der Waals surface area contributed by atoms with Crippen LogP contribution in [0.2, 0.25) is 0 Å². The van der Waals surface area contributed by atoms with Crippen molar-refractivity contribution in [2.45, 2.75) is 6.04 Å². The van der Waals surface area contributed by atoms with Gasteiger partial charge in [-0.25, -0.2) is 0 Å². The molecule has 0 unspecified atom stereocenters. The van der Waals surface area contributed by atoms with Gasteiger partial charge >= 0.3 is 5.97 Å². The monoisotopic (exact) mass is 195 g/mol. The fourth-order valence-corrected chi connectivity index (χ4v) is 0.917. The number of carboxylic acid groups (broad SMARTS) is 1. The zero-order valence-electron chi connectivity index (χ0n) is 7.18. The Hall–Kier alpha value is -1.88. The quantitative estimate of drug-likeness (QED) is 0.465. The van der Waals surface area contributed by atoms with Gasteiger partial charge in [-0.2, -0.15) is 0 Å². The smallest absolute Gasteiger partial charge is 0.328 e. The predicted octanol–water partition coefficient (Wildman–Crippen LogP) is -0.0132. The molecule has 1 rings (SSSR count). The van der Waals surface area contributed by atoms with Crippen LogP contribution in [-0.4, -0.2) is 28.0 Å². The summed E-state index contributed by atoms with van der Waals surface area (Å²) in [5.74, 6) is -2.05. The molecule has 74 valence electrons. The molecule has 0 heterocycles. The molecule has 0 aromatic heterocycles. The maximum atomic E-state index is 11.3. The van der Waals surface area contributed by atoms with Crippen molar-refractivity contribution in [1.29, 1.82) is 0 Å². The second-order valence-electron chi connectivity index (χ2n) is 2.73. The van der Waals surface area contributed by atoms with Gasteiger partial charge in [0.05, 0.1) is 0 Å². The van der Waals surface area contributed by atoms with Crippen LogP contribution in [-0.2, 0) is 4.79 Å². The lowest BCUT2D eigenvalue weighted by atomic mass is 10.1. The fourth-order valence-electron chi connectivity index (χ4n) is 0.917. The van der Waals surface area contributed by atoms with Crippen LogP contribution in [0.5, 0.6) is 5.75 Å². The summed E-state index contributed by atoms with van der Waals surface area (Å²) in [5.41, 5.74) is 5.28. The minimum absolute atomic E-state index is 0.00504. The lowest BCUT2D eigenvalue weighted by Crippen LogP contribution is -2.38. The average molecular weight is 195 g/mol. The van der Waals surface area contributed by atoms with E-state index in [0.717, 1.165) is 0 Å². The number of benzene rings is 1. The molecule has 0 bridgehead atoms. The second-order valence-corrected chi connectivity index (χ2v) is 2.73. The second kappa shape index (κ2) is 3.89. The van der Waals surface area contributed by atoms with Crippen LogP contribution in [0.1, 0.15) is 10.4 Å². The molecule has 0 fully saturated rings. The molecule has 0 saturated heterocycles. The fraction of sp³-hybridized carbons (Fsp3) is 0.111. The predicted molar refractivity (Wildman–Crippen MR) is 48.0 cm³/mol. The van der Waals surface area contributed by atoms with E-state index in [4.69, 9.17) is 15.9 Å². The number of nitrogens with two attached hydrogens (primary N) is 1. The first-order chi connectivity index (χ1) is 6.52. The molecule has 0 aliphatic heterocycles. The van der Waals surface area contributed by atoms with Crippen LogP contribution < -0.4 is 5.73 Å². The molecule has 1 aromatic rings. The first-order valence-electron chi connectivity index (χ1n) is 3.84. The number of aromatic hydroxyl groups is 1. The van der Waals surface area contributed by atoms with Gasteiger partial charge in [-0.15, -0.1) is 0 Å². The van der Waals surface area contributed by atoms with Gasteiger partial charge < -0.3 is 15.9 Å². The summed E-state index contributed by atoms with van der Waals surface area (Å²) in [7, 11) is 0. The molecular formula is C9H9NO4. The van der Waals surface area contributed by atoms with E-state index in [-0.39, 0.29) is 11.3 Å². The summed E-state index contributed by atoms with van der Waals surface area (Å²) in [6, 6.07) is 3.67. The highest BCUT2D eigenvalue weighted by molar-refractivity contribution is 6.11. The maximum absolute atomic E-state index is 11.3. The highest BCUT2D eigenvalue weighted by Crippen LogP contribution is 2.10. The van der Waals surface area contributed by atoms with E-state index < -0.39 is 17.8 Å². The average Bonchev–Trinajstić information content (AvgIpc) is 2.16. The van der Waals surface area contributed by atoms with Gasteiger partial charge in [0.25, 0.3) is 0 Å². The third-order valence-corrected chi connectivity index (χ3v) is 1.70. The zero-order chi connectivity index (χ0) is 10.7. The molecule has 1 atom stereocenters. The van der Waals surface area contributed by atoms with Crippen LogP contribution in [0.3, 0.4) is 0 Å². The summed E-state index contributed by atoms with van der Waals surface area (Å²) in [6.07, 6.45) is 0. The van der Waals surface area contributed by atoms with Gasteiger partial charge in [0.2, 0.25) is 0 Å². The first kappa shape index (κ1) is 10.2. The van der Waals surface area contributed by atoms with Crippen molar-refractivity contribution in [3.05, 3.63) is 29.8 Å².